The third-order valence-electron chi connectivity index (χ3n) is 2.54. The number of amides is 2. The largest absolute Gasteiger partial charge is 0.394 e. The van der Waals surface area contributed by atoms with Gasteiger partial charge in [0.15, 0.2) is 0 Å². The molecule has 0 bridgehead atoms. The maximum absolute atomic E-state index is 11.4. The summed E-state index contributed by atoms with van der Waals surface area (Å²) in [6, 6.07) is 0.153. The summed E-state index contributed by atoms with van der Waals surface area (Å²) in [7, 11) is 0. The molecule has 0 aromatic heterocycles. The maximum atomic E-state index is 11.4. The van der Waals surface area contributed by atoms with Gasteiger partial charge in [0.05, 0.1) is 12.1 Å². The summed E-state index contributed by atoms with van der Waals surface area (Å²) >= 11 is 0. The second-order valence-electron chi connectivity index (χ2n) is 4.62. The smallest absolute Gasteiger partial charge is 0.315 e. The molecule has 0 aromatic carbocycles. The van der Waals surface area contributed by atoms with E-state index in [-0.39, 0.29) is 12.6 Å². The van der Waals surface area contributed by atoms with Crippen LogP contribution in [0.15, 0.2) is 0 Å². The highest BCUT2D eigenvalue weighted by Gasteiger charge is 2.22. The summed E-state index contributed by atoms with van der Waals surface area (Å²) in [5.41, 5.74) is -0.539. The van der Waals surface area contributed by atoms with E-state index in [0.717, 1.165) is 12.8 Å². The third kappa shape index (κ3) is 3.54. The molecule has 0 unspecified atom stereocenters. The van der Waals surface area contributed by atoms with Crippen molar-refractivity contribution in [3.63, 3.8) is 0 Å². The van der Waals surface area contributed by atoms with E-state index >= 15 is 0 Å². The minimum atomic E-state index is -0.539. The van der Waals surface area contributed by atoms with Crippen molar-refractivity contribution in [2.24, 2.45) is 0 Å². The molecule has 1 rings (SSSR count). The summed E-state index contributed by atoms with van der Waals surface area (Å²) < 4.78 is 0. The average Bonchev–Trinajstić information content (AvgIpc) is 2.55. The number of hydrogen-bond acceptors (Lipinski definition) is 2. The van der Waals surface area contributed by atoms with Gasteiger partial charge in [-0.3, -0.25) is 0 Å². The highest BCUT2D eigenvalue weighted by Crippen LogP contribution is 2.17. The molecule has 4 nitrogen and oxygen atoms in total. The number of hydrogen-bond donors (Lipinski definition) is 3. The van der Waals surface area contributed by atoms with E-state index in [2.05, 4.69) is 10.6 Å². The van der Waals surface area contributed by atoms with Gasteiger partial charge in [-0.1, -0.05) is 12.8 Å². The Bertz CT molecular complexity index is 198. The van der Waals surface area contributed by atoms with Crippen molar-refractivity contribution in [1.29, 1.82) is 0 Å². The molecule has 0 atom stereocenters. The van der Waals surface area contributed by atoms with Gasteiger partial charge < -0.3 is 15.7 Å². The van der Waals surface area contributed by atoms with Crippen molar-refractivity contribution in [3.05, 3.63) is 0 Å². The van der Waals surface area contributed by atoms with E-state index in [4.69, 9.17) is 5.11 Å². The first kappa shape index (κ1) is 11.3. The van der Waals surface area contributed by atoms with Crippen molar-refractivity contribution >= 4 is 6.03 Å². The van der Waals surface area contributed by atoms with Crippen LogP contribution in [0.2, 0.25) is 0 Å². The van der Waals surface area contributed by atoms with Gasteiger partial charge in [0.2, 0.25) is 0 Å². The van der Waals surface area contributed by atoms with Crippen LogP contribution in [0.1, 0.15) is 39.5 Å². The third-order valence-corrected chi connectivity index (χ3v) is 2.54. The van der Waals surface area contributed by atoms with Crippen LogP contribution < -0.4 is 10.6 Å². The zero-order valence-corrected chi connectivity index (χ0v) is 8.97. The van der Waals surface area contributed by atoms with Gasteiger partial charge in [-0.15, -0.1) is 0 Å². The van der Waals surface area contributed by atoms with E-state index in [1.165, 1.54) is 12.8 Å². The molecule has 0 saturated heterocycles. The van der Waals surface area contributed by atoms with Gasteiger partial charge in [-0.05, 0) is 26.7 Å². The summed E-state index contributed by atoms with van der Waals surface area (Å²) in [6.45, 7) is 3.54. The van der Waals surface area contributed by atoms with Gasteiger partial charge in [0.1, 0.15) is 0 Å². The van der Waals surface area contributed by atoms with Crippen LogP contribution in [0.4, 0.5) is 4.79 Å². The molecule has 0 aromatic rings. The molecule has 1 aliphatic carbocycles. The predicted octanol–water partition coefficient (Wildman–Crippen LogP) is 0.999. The molecule has 14 heavy (non-hydrogen) atoms. The Balaban J connectivity index is 2.27. The van der Waals surface area contributed by atoms with Crippen LogP contribution in [0, 0.1) is 0 Å². The van der Waals surface area contributed by atoms with E-state index < -0.39 is 5.54 Å². The summed E-state index contributed by atoms with van der Waals surface area (Å²) in [4.78, 5) is 11.4. The van der Waals surface area contributed by atoms with E-state index in [1.54, 1.807) is 13.8 Å². The topological polar surface area (TPSA) is 61.4 Å². The fourth-order valence-electron chi connectivity index (χ4n) is 1.64. The Morgan fingerprint density at radius 2 is 2.00 bits per heavy atom. The lowest BCUT2D eigenvalue weighted by molar-refractivity contribution is 0.180. The molecule has 3 N–H and O–H groups in total. The van der Waals surface area contributed by atoms with E-state index in [0.29, 0.717) is 6.04 Å². The van der Waals surface area contributed by atoms with Crippen molar-refractivity contribution in [1.82, 2.24) is 10.6 Å². The van der Waals surface area contributed by atoms with Crippen molar-refractivity contribution < 1.29 is 9.90 Å². The standard InChI is InChI=1S/C10H20N2O2/c1-10(2,7-13)12-9(14)11-8-5-3-4-6-8/h8,13H,3-7H2,1-2H3,(H2,11,12,14). The lowest BCUT2D eigenvalue weighted by atomic mass is 10.1. The fraction of sp³-hybridized carbons (Fsp3) is 0.900. The molecule has 1 fully saturated rings. The monoisotopic (exact) mass is 200 g/mol. The number of carbonyl (C=O) groups is 1. The summed E-state index contributed by atoms with van der Waals surface area (Å²) in [6.07, 6.45) is 4.56. The molecular formula is C10H20N2O2. The number of carbonyl (C=O) groups excluding carboxylic acids is 1. The average molecular weight is 200 g/mol. The van der Waals surface area contributed by atoms with Gasteiger partial charge in [-0.25, -0.2) is 4.79 Å². The quantitative estimate of drug-likeness (QED) is 0.636. The van der Waals surface area contributed by atoms with Crippen molar-refractivity contribution in [3.8, 4) is 0 Å². The Kier molecular flexibility index (Phi) is 3.75. The van der Waals surface area contributed by atoms with Crippen LogP contribution in [-0.4, -0.2) is 29.3 Å². The first-order valence-corrected chi connectivity index (χ1v) is 5.23. The van der Waals surface area contributed by atoms with Gasteiger partial charge in [-0.2, -0.15) is 0 Å². The number of aliphatic hydroxyl groups excluding tert-OH is 1. The first-order chi connectivity index (χ1) is 6.53. The lowest BCUT2D eigenvalue weighted by Gasteiger charge is -2.24. The highest BCUT2D eigenvalue weighted by molar-refractivity contribution is 5.75. The molecule has 1 aliphatic rings. The number of aliphatic hydroxyl groups is 1. The number of nitrogens with one attached hydrogen (secondary N) is 2. The Morgan fingerprint density at radius 1 is 1.43 bits per heavy atom. The second kappa shape index (κ2) is 4.64. The minimum absolute atomic E-state index is 0.0505. The molecule has 1 saturated carbocycles. The van der Waals surface area contributed by atoms with Crippen LogP contribution >= 0.6 is 0 Å². The summed E-state index contributed by atoms with van der Waals surface area (Å²) in [5.74, 6) is 0. The molecule has 0 heterocycles. The van der Waals surface area contributed by atoms with Crippen molar-refractivity contribution in [2.45, 2.75) is 51.1 Å². The zero-order valence-electron chi connectivity index (χ0n) is 8.97. The molecule has 82 valence electrons. The first-order valence-electron chi connectivity index (χ1n) is 5.23. The molecule has 4 heteroatoms. The SMILES string of the molecule is CC(C)(CO)NC(=O)NC1CCCC1. The van der Waals surface area contributed by atoms with Crippen LogP contribution in [-0.2, 0) is 0 Å². The Labute approximate surface area is 85.1 Å². The molecule has 0 spiro atoms. The molecule has 0 aliphatic heterocycles. The molecule has 2 amide bonds. The van der Waals surface area contributed by atoms with Gasteiger partial charge >= 0.3 is 6.03 Å². The normalized spacial score (nSPS) is 18.2. The van der Waals surface area contributed by atoms with Crippen molar-refractivity contribution in [2.75, 3.05) is 6.61 Å². The number of rotatable bonds is 3. The highest BCUT2D eigenvalue weighted by atomic mass is 16.3. The van der Waals surface area contributed by atoms with Crippen LogP contribution in [0.3, 0.4) is 0 Å². The Morgan fingerprint density at radius 3 is 2.50 bits per heavy atom. The zero-order chi connectivity index (χ0) is 10.6. The second-order valence-corrected chi connectivity index (χ2v) is 4.62. The fourth-order valence-corrected chi connectivity index (χ4v) is 1.64. The van der Waals surface area contributed by atoms with E-state index in [9.17, 15) is 4.79 Å². The molecular weight excluding hydrogens is 180 g/mol. The predicted molar refractivity (Wildman–Crippen MR) is 55.1 cm³/mol. The Hall–Kier alpha value is -0.770. The summed E-state index contributed by atoms with van der Waals surface area (Å²) in [5, 5.41) is 14.6. The minimum Gasteiger partial charge on any atom is -0.394 e. The van der Waals surface area contributed by atoms with E-state index in [1.807, 2.05) is 0 Å². The van der Waals surface area contributed by atoms with Crippen LogP contribution in [0.5, 0.6) is 0 Å². The number of urea groups is 1. The lowest BCUT2D eigenvalue weighted by Crippen LogP contribution is -2.52. The van der Waals surface area contributed by atoms with Gasteiger partial charge in [0.25, 0.3) is 0 Å². The maximum Gasteiger partial charge on any atom is 0.315 e. The van der Waals surface area contributed by atoms with Crippen LogP contribution in [0.25, 0.3) is 0 Å². The molecule has 0 radical (unpaired) electrons. The van der Waals surface area contributed by atoms with Gasteiger partial charge in [0, 0.05) is 6.04 Å².